The number of methoxy groups -OCH3 is 1. The number of nitrogens with one attached hydrogen (secondary N) is 2. The first-order valence-electron chi connectivity index (χ1n) is 14.4. The number of aliphatic carboxylic acids is 1. The maximum atomic E-state index is 14.3. The van der Waals surface area contributed by atoms with Crippen LogP contribution >= 0.6 is 0 Å². The van der Waals surface area contributed by atoms with Gasteiger partial charge < -0.3 is 39.6 Å². The van der Waals surface area contributed by atoms with Gasteiger partial charge in [-0.05, 0) is 38.7 Å². The third-order valence-corrected chi connectivity index (χ3v) is 7.28. The number of alkyl halides is 3. The number of hydrogen-bond donors (Lipinski definition) is 3. The molecular formula is C31H34F4N6O6. The number of carbonyl (C=O) groups is 3. The van der Waals surface area contributed by atoms with E-state index < -0.39 is 18.0 Å². The molecule has 0 radical (unpaired) electrons. The summed E-state index contributed by atoms with van der Waals surface area (Å²) >= 11 is 0. The van der Waals surface area contributed by atoms with Gasteiger partial charge in [0.1, 0.15) is 6.61 Å². The predicted octanol–water partition coefficient (Wildman–Crippen LogP) is 3.78. The van der Waals surface area contributed by atoms with Crippen LogP contribution in [0.1, 0.15) is 22.5 Å². The summed E-state index contributed by atoms with van der Waals surface area (Å²) < 4.78 is 59.5. The topological polar surface area (TPSA) is 138 Å². The maximum Gasteiger partial charge on any atom is 0.490 e. The maximum absolute atomic E-state index is 14.3. The fourth-order valence-corrected chi connectivity index (χ4v) is 4.93. The molecule has 252 valence electrons. The number of para-hydroxylation sites is 1. The highest BCUT2D eigenvalue weighted by Gasteiger charge is 2.38. The number of carboxylic acids is 1. The molecule has 4 heterocycles. The van der Waals surface area contributed by atoms with Gasteiger partial charge >= 0.3 is 12.1 Å². The van der Waals surface area contributed by atoms with Crippen LogP contribution < -0.4 is 20.1 Å². The highest BCUT2D eigenvalue weighted by molar-refractivity contribution is 6.03. The number of likely N-dealkylation sites (N-methyl/N-ethyl adjacent to an activating group) is 1. The number of halogens is 4. The molecule has 47 heavy (non-hydrogen) atoms. The second kappa shape index (κ2) is 15.0. The fraction of sp³-hybridized carbons (Fsp3) is 0.355. The van der Waals surface area contributed by atoms with Crippen LogP contribution in [0.15, 0.2) is 55.0 Å². The van der Waals surface area contributed by atoms with Gasteiger partial charge in [0.15, 0.2) is 17.3 Å². The molecule has 2 amide bonds. The summed E-state index contributed by atoms with van der Waals surface area (Å²) in [4.78, 5) is 42.5. The van der Waals surface area contributed by atoms with Crippen LogP contribution in [0.25, 0.3) is 5.69 Å². The van der Waals surface area contributed by atoms with Gasteiger partial charge in [0.05, 0.1) is 42.0 Å². The Labute approximate surface area is 267 Å². The number of aromatic nitrogens is 2. The molecular weight excluding hydrogens is 628 g/mol. The van der Waals surface area contributed by atoms with Gasteiger partial charge in [0.2, 0.25) is 5.91 Å². The molecule has 2 aliphatic rings. The van der Waals surface area contributed by atoms with Gasteiger partial charge in [-0.3, -0.25) is 14.6 Å². The van der Waals surface area contributed by atoms with Crippen molar-refractivity contribution in [2.45, 2.75) is 25.1 Å². The van der Waals surface area contributed by atoms with Crippen LogP contribution in [-0.4, -0.2) is 102 Å². The van der Waals surface area contributed by atoms with E-state index in [0.29, 0.717) is 61.0 Å². The number of carboxylic acid groups (broad SMARTS) is 1. The number of pyridine rings is 1. The first-order chi connectivity index (χ1) is 22.3. The molecule has 12 nitrogen and oxygen atoms in total. The van der Waals surface area contributed by atoms with E-state index in [1.165, 1.54) is 13.2 Å². The van der Waals surface area contributed by atoms with E-state index in [1.807, 2.05) is 35.7 Å². The SMILES string of the molecule is COc1c(F)cccc1Nc1cn(-c2ccncc2OC[C@@H]2CCN2C(=O)/C=C/CN(C)C)c2c1C(=O)NCC2.O=C(O)C(F)(F)F. The molecule has 3 N–H and O–H groups in total. The first-order valence-corrected chi connectivity index (χ1v) is 14.4. The molecule has 2 aromatic heterocycles. The van der Waals surface area contributed by atoms with Gasteiger partial charge in [-0.2, -0.15) is 13.2 Å². The minimum absolute atomic E-state index is 0.0258. The zero-order valence-corrected chi connectivity index (χ0v) is 25.8. The molecule has 3 aromatic rings. The largest absolute Gasteiger partial charge is 0.492 e. The van der Waals surface area contributed by atoms with E-state index in [1.54, 1.807) is 41.7 Å². The molecule has 2 aliphatic heterocycles. The zero-order valence-electron chi connectivity index (χ0n) is 25.8. The zero-order chi connectivity index (χ0) is 34.3. The van der Waals surface area contributed by atoms with Crippen LogP contribution in [0.4, 0.5) is 28.9 Å². The Hall–Kier alpha value is -5.12. The second-order valence-electron chi connectivity index (χ2n) is 10.8. The van der Waals surface area contributed by atoms with Crippen molar-refractivity contribution in [3.8, 4) is 17.2 Å². The Bertz CT molecular complexity index is 1640. The Morgan fingerprint density at radius 1 is 1.23 bits per heavy atom. The molecule has 1 fully saturated rings. The van der Waals surface area contributed by atoms with E-state index in [9.17, 15) is 27.2 Å². The summed E-state index contributed by atoms with van der Waals surface area (Å²) in [5.41, 5.74) is 2.90. The lowest BCUT2D eigenvalue weighted by Crippen LogP contribution is -2.53. The normalized spacial score (nSPS) is 15.7. The minimum Gasteiger partial charge on any atom is -0.492 e. The smallest absolute Gasteiger partial charge is 0.490 e. The van der Waals surface area contributed by atoms with Crippen molar-refractivity contribution in [2.24, 2.45) is 0 Å². The number of likely N-dealkylation sites (tertiary alicyclic amines) is 1. The standard InChI is InChI=1S/C29H33FN6O4.C2HF3O2/c1-34(2)14-5-8-26(37)35-15-11-19(35)18-40-25-16-31-12-9-23(25)36-17-22(27-24(36)10-13-32-29(27)38)33-21-7-4-6-20(30)28(21)39-3;3-2(4,5)1(6)7/h4-9,12,16-17,19,33H,10-11,13-15,18H2,1-3H3,(H,32,38);(H,6,7)/b8-5+;/t19-;/m0./s1. The third kappa shape index (κ3) is 8.38. The average molecular weight is 663 g/mol. The van der Waals surface area contributed by atoms with Crippen LogP contribution in [0.5, 0.6) is 11.5 Å². The van der Waals surface area contributed by atoms with Crippen molar-refractivity contribution in [2.75, 3.05) is 52.8 Å². The van der Waals surface area contributed by atoms with Gasteiger partial charge in [-0.1, -0.05) is 12.1 Å². The lowest BCUT2D eigenvalue weighted by molar-refractivity contribution is -0.192. The molecule has 0 saturated carbocycles. The molecule has 0 bridgehead atoms. The monoisotopic (exact) mass is 662 g/mol. The number of nitrogens with zero attached hydrogens (tertiary/aromatic N) is 4. The quantitative estimate of drug-likeness (QED) is 0.219. The van der Waals surface area contributed by atoms with Crippen molar-refractivity contribution in [1.29, 1.82) is 0 Å². The van der Waals surface area contributed by atoms with Gasteiger partial charge in [-0.15, -0.1) is 0 Å². The summed E-state index contributed by atoms with van der Waals surface area (Å²) in [7, 11) is 5.30. The number of anilines is 2. The van der Waals surface area contributed by atoms with Gasteiger partial charge in [0, 0.05) is 50.2 Å². The number of benzene rings is 1. The lowest BCUT2D eigenvalue weighted by Gasteiger charge is -2.40. The van der Waals surface area contributed by atoms with E-state index >= 15 is 0 Å². The Kier molecular flexibility index (Phi) is 11.1. The average Bonchev–Trinajstić information content (AvgIpc) is 3.36. The number of carbonyl (C=O) groups excluding carboxylic acids is 2. The number of ether oxygens (including phenoxy) is 2. The number of fused-ring (bicyclic) bond motifs is 1. The lowest BCUT2D eigenvalue weighted by atomic mass is 10.0. The summed E-state index contributed by atoms with van der Waals surface area (Å²) in [6, 6.07) is 6.36. The molecule has 0 unspecified atom stereocenters. The minimum atomic E-state index is -5.08. The molecule has 16 heteroatoms. The summed E-state index contributed by atoms with van der Waals surface area (Å²) in [5.74, 6) is -2.92. The Balaban J connectivity index is 0.000000644. The summed E-state index contributed by atoms with van der Waals surface area (Å²) in [5, 5.41) is 13.2. The molecule has 1 saturated heterocycles. The highest BCUT2D eigenvalue weighted by atomic mass is 19.4. The van der Waals surface area contributed by atoms with Crippen molar-refractivity contribution in [3.63, 3.8) is 0 Å². The van der Waals surface area contributed by atoms with Gasteiger partial charge in [-0.25, -0.2) is 9.18 Å². The molecule has 1 atom stereocenters. The van der Waals surface area contributed by atoms with Crippen LogP contribution in [0.2, 0.25) is 0 Å². The molecule has 0 spiro atoms. The molecule has 1 aromatic carbocycles. The van der Waals surface area contributed by atoms with E-state index in [0.717, 1.165) is 12.1 Å². The number of amides is 2. The van der Waals surface area contributed by atoms with Crippen LogP contribution in [0, 0.1) is 5.82 Å². The van der Waals surface area contributed by atoms with Crippen molar-refractivity contribution >= 4 is 29.2 Å². The number of hydrogen-bond acceptors (Lipinski definition) is 8. The Morgan fingerprint density at radius 3 is 2.62 bits per heavy atom. The first kappa shape index (κ1) is 34.7. The van der Waals surface area contributed by atoms with Crippen molar-refractivity contribution < 1.29 is 46.5 Å². The van der Waals surface area contributed by atoms with E-state index in [-0.39, 0.29) is 23.6 Å². The van der Waals surface area contributed by atoms with E-state index in [4.69, 9.17) is 19.4 Å². The molecule has 5 rings (SSSR count). The van der Waals surface area contributed by atoms with Crippen LogP contribution in [0.3, 0.4) is 0 Å². The predicted molar refractivity (Wildman–Crippen MR) is 163 cm³/mol. The fourth-order valence-electron chi connectivity index (χ4n) is 4.93. The summed E-state index contributed by atoms with van der Waals surface area (Å²) in [6.07, 6.45) is 4.93. The third-order valence-electron chi connectivity index (χ3n) is 7.28. The highest BCUT2D eigenvalue weighted by Crippen LogP contribution is 2.36. The Morgan fingerprint density at radius 2 is 1.98 bits per heavy atom. The molecule has 0 aliphatic carbocycles. The van der Waals surface area contributed by atoms with E-state index in [2.05, 4.69) is 15.6 Å². The van der Waals surface area contributed by atoms with Gasteiger partial charge in [0.25, 0.3) is 5.91 Å². The summed E-state index contributed by atoms with van der Waals surface area (Å²) in [6.45, 7) is 2.20. The van der Waals surface area contributed by atoms with Crippen molar-refractivity contribution in [1.82, 2.24) is 24.7 Å². The van der Waals surface area contributed by atoms with Crippen molar-refractivity contribution in [3.05, 3.63) is 72.1 Å². The number of rotatable bonds is 10. The second-order valence-corrected chi connectivity index (χ2v) is 10.8. The van der Waals surface area contributed by atoms with Crippen LogP contribution in [-0.2, 0) is 16.0 Å².